The lowest BCUT2D eigenvalue weighted by molar-refractivity contribution is -0.143. The maximum Gasteiger partial charge on any atom is 0.323 e. The SMILES string of the molecule is CC(C)C(=O)c1ccc(C(C)C(=O)N(C)CC(=O)O)cc1. The number of likely N-dealkylation sites (N-methyl/N-ethyl adjacent to an activating group) is 1. The third kappa shape index (κ3) is 4.41. The number of Topliss-reactive ketones (excluding diaryl/α,β-unsaturated/α-hetero) is 1. The van der Waals surface area contributed by atoms with Crippen LogP contribution in [0.1, 0.15) is 42.6 Å². The first-order valence-corrected chi connectivity index (χ1v) is 6.85. The van der Waals surface area contributed by atoms with Crippen molar-refractivity contribution in [3.63, 3.8) is 0 Å². The molecule has 0 saturated carbocycles. The molecule has 1 atom stereocenters. The fourth-order valence-corrected chi connectivity index (χ4v) is 2.02. The van der Waals surface area contributed by atoms with Gasteiger partial charge in [0.05, 0.1) is 5.92 Å². The van der Waals surface area contributed by atoms with Gasteiger partial charge in [-0.05, 0) is 12.5 Å². The van der Waals surface area contributed by atoms with Gasteiger partial charge in [-0.15, -0.1) is 0 Å². The summed E-state index contributed by atoms with van der Waals surface area (Å²) < 4.78 is 0. The zero-order valence-corrected chi connectivity index (χ0v) is 12.8. The zero-order chi connectivity index (χ0) is 16.2. The molecule has 5 nitrogen and oxygen atoms in total. The highest BCUT2D eigenvalue weighted by Crippen LogP contribution is 2.19. The van der Waals surface area contributed by atoms with Crippen molar-refractivity contribution >= 4 is 17.7 Å². The summed E-state index contributed by atoms with van der Waals surface area (Å²) in [5, 5.41) is 8.70. The minimum absolute atomic E-state index is 0.0588. The highest BCUT2D eigenvalue weighted by molar-refractivity contribution is 5.97. The van der Waals surface area contributed by atoms with Crippen molar-refractivity contribution in [2.24, 2.45) is 5.92 Å². The minimum atomic E-state index is -1.05. The van der Waals surface area contributed by atoms with Crippen LogP contribution in [-0.4, -0.2) is 41.3 Å². The molecular formula is C16H21NO4. The summed E-state index contributed by atoms with van der Waals surface area (Å²) in [6, 6.07) is 6.90. The van der Waals surface area contributed by atoms with Crippen molar-refractivity contribution in [2.45, 2.75) is 26.7 Å². The van der Waals surface area contributed by atoms with Crippen LogP contribution in [0.4, 0.5) is 0 Å². The molecule has 1 amide bonds. The minimum Gasteiger partial charge on any atom is -0.480 e. The third-order valence-corrected chi connectivity index (χ3v) is 3.34. The van der Waals surface area contributed by atoms with Crippen molar-refractivity contribution in [3.8, 4) is 0 Å². The van der Waals surface area contributed by atoms with Crippen molar-refractivity contribution in [1.82, 2.24) is 4.90 Å². The Bertz CT molecular complexity index is 534. The second-order valence-electron chi connectivity index (χ2n) is 5.45. The largest absolute Gasteiger partial charge is 0.480 e. The van der Waals surface area contributed by atoms with Gasteiger partial charge in [-0.1, -0.05) is 38.1 Å². The Balaban J connectivity index is 2.84. The molecule has 5 heteroatoms. The topological polar surface area (TPSA) is 74.7 Å². The highest BCUT2D eigenvalue weighted by atomic mass is 16.4. The Labute approximate surface area is 124 Å². The number of nitrogens with zero attached hydrogens (tertiary/aromatic N) is 1. The maximum atomic E-state index is 12.1. The Morgan fingerprint density at radius 1 is 1.10 bits per heavy atom. The van der Waals surface area contributed by atoms with E-state index >= 15 is 0 Å². The van der Waals surface area contributed by atoms with Crippen molar-refractivity contribution in [2.75, 3.05) is 13.6 Å². The molecule has 21 heavy (non-hydrogen) atoms. The Morgan fingerprint density at radius 2 is 1.62 bits per heavy atom. The van der Waals surface area contributed by atoms with E-state index in [9.17, 15) is 14.4 Å². The zero-order valence-electron chi connectivity index (χ0n) is 12.8. The van der Waals surface area contributed by atoms with E-state index in [1.165, 1.54) is 11.9 Å². The van der Waals surface area contributed by atoms with Crippen molar-refractivity contribution in [1.29, 1.82) is 0 Å². The highest BCUT2D eigenvalue weighted by Gasteiger charge is 2.21. The predicted molar refractivity (Wildman–Crippen MR) is 79.3 cm³/mol. The average Bonchev–Trinajstić information content (AvgIpc) is 2.44. The van der Waals surface area contributed by atoms with Gasteiger partial charge in [0.2, 0.25) is 5.91 Å². The van der Waals surface area contributed by atoms with Gasteiger partial charge in [0, 0.05) is 18.5 Å². The molecule has 0 saturated heterocycles. The smallest absolute Gasteiger partial charge is 0.323 e. The fraction of sp³-hybridized carbons (Fsp3) is 0.438. The van der Waals surface area contributed by atoms with Gasteiger partial charge >= 0.3 is 5.97 Å². The number of amides is 1. The van der Waals surface area contributed by atoms with Crippen LogP contribution in [-0.2, 0) is 9.59 Å². The van der Waals surface area contributed by atoms with Crippen LogP contribution in [0.15, 0.2) is 24.3 Å². The van der Waals surface area contributed by atoms with Gasteiger partial charge < -0.3 is 10.0 Å². The molecule has 1 rings (SSSR count). The molecule has 0 aliphatic heterocycles. The van der Waals surface area contributed by atoms with Crippen LogP contribution in [0, 0.1) is 5.92 Å². The van der Waals surface area contributed by atoms with Crippen molar-refractivity contribution < 1.29 is 19.5 Å². The van der Waals surface area contributed by atoms with Crippen LogP contribution in [0.25, 0.3) is 0 Å². The molecule has 1 N–H and O–H groups in total. The second-order valence-corrected chi connectivity index (χ2v) is 5.45. The number of carbonyl (C=O) groups is 3. The monoisotopic (exact) mass is 291 g/mol. The molecule has 0 bridgehead atoms. The van der Waals surface area contributed by atoms with Crippen LogP contribution >= 0.6 is 0 Å². The van der Waals surface area contributed by atoms with E-state index in [0.29, 0.717) is 5.56 Å². The lowest BCUT2D eigenvalue weighted by Crippen LogP contribution is -2.34. The van der Waals surface area contributed by atoms with Gasteiger partial charge in [0.25, 0.3) is 0 Å². The summed E-state index contributed by atoms with van der Waals surface area (Å²) in [4.78, 5) is 35.8. The number of carboxylic acid groups (broad SMARTS) is 1. The van der Waals surface area contributed by atoms with E-state index in [-0.39, 0.29) is 24.2 Å². The fourth-order valence-electron chi connectivity index (χ4n) is 2.02. The molecule has 1 aromatic carbocycles. The maximum absolute atomic E-state index is 12.1. The Kier molecular flexibility index (Phi) is 5.64. The summed E-state index contributed by atoms with van der Waals surface area (Å²) in [5.74, 6) is -1.77. The first-order valence-electron chi connectivity index (χ1n) is 6.85. The molecule has 0 radical (unpaired) electrons. The first kappa shape index (κ1) is 16.9. The van der Waals surface area contributed by atoms with E-state index in [1.54, 1.807) is 31.2 Å². The van der Waals surface area contributed by atoms with Gasteiger partial charge in [0.1, 0.15) is 6.54 Å². The summed E-state index contributed by atoms with van der Waals surface area (Å²) in [6.07, 6.45) is 0. The molecule has 0 fully saturated rings. The van der Waals surface area contributed by atoms with Crippen LogP contribution in [0.2, 0.25) is 0 Å². The van der Waals surface area contributed by atoms with Crippen LogP contribution in [0.3, 0.4) is 0 Å². The number of benzene rings is 1. The number of carbonyl (C=O) groups excluding carboxylic acids is 2. The Morgan fingerprint density at radius 3 is 2.05 bits per heavy atom. The standard InChI is InChI=1S/C16H21NO4/c1-10(2)15(20)13-7-5-12(6-8-13)11(3)16(21)17(4)9-14(18)19/h5-8,10-11H,9H2,1-4H3,(H,18,19). The number of rotatable bonds is 6. The molecule has 0 aliphatic carbocycles. The molecule has 114 valence electrons. The third-order valence-electron chi connectivity index (χ3n) is 3.34. The molecule has 0 spiro atoms. The molecule has 1 aromatic rings. The van der Waals surface area contributed by atoms with Gasteiger partial charge in [-0.2, -0.15) is 0 Å². The number of aliphatic carboxylic acids is 1. The summed E-state index contributed by atoms with van der Waals surface area (Å²) >= 11 is 0. The molecule has 0 aromatic heterocycles. The average molecular weight is 291 g/mol. The Hall–Kier alpha value is -2.17. The van der Waals surface area contributed by atoms with E-state index in [4.69, 9.17) is 5.11 Å². The first-order chi connectivity index (χ1) is 9.73. The van der Waals surface area contributed by atoms with E-state index in [1.807, 2.05) is 13.8 Å². The van der Waals surface area contributed by atoms with E-state index in [0.717, 1.165) is 5.56 Å². The predicted octanol–water partition coefficient (Wildman–Crippen LogP) is 2.17. The van der Waals surface area contributed by atoms with E-state index in [2.05, 4.69) is 0 Å². The number of ketones is 1. The lowest BCUT2D eigenvalue weighted by Gasteiger charge is -2.20. The normalized spacial score (nSPS) is 12.0. The lowest BCUT2D eigenvalue weighted by atomic mass is 9.95. The summed E-state index contributed by atoms with van der Waals surface area (Å²) in [5.41, 5.74) is 1.38. The van der Waals surface area contributed by atoms with Crippen LogP contribution < -0.4 is 0 Å². The van der Waals surface area contributed by atoms with E-state index < -0.39 is 11.9 Å². The number of carboxylic acids is 1. The summed E-state index contributed by atoms with van der Waals surface area (Å²) in [6.45, 7) is 5.07. The molecule has 0 aliphatic rings. The summed E-state index contributed by atoms with van der Waals surface area (Å²) in [7, 11) is 1.46. The van der Waals surface area contributed by atoms with Crippen molar-refractivity contribution in [3.05, 3.63) is 35.4 Å². The molecule has 0 heterocycles. The number of hydrogen-bond acceptors (Lipinski definition) is 3. The molecule has 1 unspecified atom stereocenters. The van der Waals surface area contributed by atoms with Gasteiger partial charge in [0.15, 0.2) is 5.78 Å². The molecular weight excluding hydrogens is 270 g/mol. The quantitative estimate of drug-likeness (QED) is 0.815. The van der Waals surface area contributed by atoms with Gasteiger partial charge in [-0.3, -0.25) is 14.4 Å². The second kappa shape index (κ2) is 7.02. The number of hydrogen-bond donors (Lipinski definition) is 1. The van der Waals surface area contributed by atoms with Gasteiger partial charge in [-0.25, -0.2) is 0 Å². The van der Waals surface area contributed by atoms with Crippen LogP contribution in [0.5, 0.6) is 0 Å².